The maximum Gasteiger partial charge on any atom is 0.179 e. The van der Waals surface area contributed by atoms with Gasteiger partial charge in [0, 0.05) is 11.1 Å². The van der Waals surface area contributed by atoms with E-state index in [0.717, 1.165) is 0 Å². The number of aliphatic hydroxyl groups is 4. The van der Waals surface area contributed by atoms with Gasteiger partial charge in [-0.05, 0) is 11.1 Å². The van der Waals surface area contributed by atoms with Gasteiger partial charge < -0.3 is 20.4 Å². The second-order valence-corrected chi connectivity index (χ2v) is 3.92. The highest BCUT2D eigenvalue weighted by Crippen LogP contribution is 2.32. The van der Waals surface area contributed by atoms with Gasteiger partial charge in [0.1, 0.15) is 0 Å². The van der Waals surface area contributed by atoms with E-state index < -0.39 is 12.6 Å². The van der Waals surface area contributed by atoms with Crippen molar-refractivity contribution in [2.45, 2.75) is 12.6 Å². The molecule has 2 aromatic carbocycles. The van der Waals surface area contributed by atoms with Crippen molar-refractivity contribution in [3.8, 4) is 11.1 Å². The molecule has 0 saturated carbocycles. The average Bonchev–Trinajstić information content (AvgIpc) is 2.38. The van der Waals surface area contributed by atoms with Crippen LogP contribution in [0.15, 0.2) is 48.5 Å². The fourth-order valence-electron chi connectivity index (χ4n) is 1.93. The van der Waals surface area contributed by atoms with Crippen LogP contribution in [0.25, 0.3) is 11.1 Å². The van der Waals surface area contributed by atoms with Gasteiger partial charge in [0.2, 0.25) is 0 Å². The van der Waals surface area contributed by atoms with Crippen molar-refractivity contribution in [1.82, 2.24) is 0 Å². The largest absolute Gasteiger partial charge is 0.364 e. The quantitative estimate of drug-likeness (QED) is 0.616. The molecular formula is C14H14O4. The van der Waals surface area contributed by atoms with Crippen LogP contribution in [0.5, 0.6) is 0 Å². The maximum atomic E-state index is 9.33. The highest BCUT2D eigenvalue weighted by atomic mass is 16.5. The van der Waals surface area contributed by atoms with Crippen LogP contribution in [0, 0.1) is 0 Å². The molecule has 4 nitrogen and oxygen atoms in total. The average molecular weight is 246 g/mol. The molecule has 2 aromatic rings. The van der Waals surface area contributed by atoms with Gasteiger partial charge >= 0.3 is 0 Å². The summed E-state index contributed by atoms with van der Waals surface area (Å²) >= 11 is 0. The lowest BCUT2D eigenvalue weighted by Crippen LogP contribution is -2.02. The SMILES string of the molecule is OC(O)c1ccccc1-c1ccccc1C(O)O. The van der Waals surface area contributed by atoms with Crippen molar-refractivity contribution in [3.63, 3.8) is 0 Å². The molecule has 0 atom stereocenters. The van der Waals surface area contributed by atoms with Crippen molar-refractivity contribution in [3.05, 3.63) is 59.7 Å². The Morgan fingerprint density at radius 1 is 0.556 bits per heavy atom. The topological polar surface area (TPSA) is 80.9 Å². The smallest absolute Gasteiger partial charge is 0.179 e. The lowest BCUT2D eigenvalue weighted by atomic mass is 9.95. The van der Waals surface area contributed by atoms with E-state index >= 15 is 0 Å². The van der Waals surface area contributed by atoms with Gasteiger partial charge in [-0.15, -0.1) is 0 Å². The Labute approximate surface area is 104 Å². The molecule has 0 saturated heterocycles. The first-order valence-corrected chi connectivity index (χ1v) is 5.51. The van der Waals surface area contributed by atoms with Crippen LogP contribution < -0.4 is 0 Å². The number of aliphatic hydroxyl groups excluding tert-OH is 2. The third-order valence-corrected chi connectivity index (χ3v) is 2.77. The van der Waals surface area contributed by atoms with Crippen molar-refractivity contribution >= 4 is 0 Å². The lowest BCUT2D eigenvalue weighted by molar-refractivity contribution is -0.0440. The lowest BCUT2D eigenvalue weighted by Gasteiger charge is -2.15. The Hall–Kier alpha value is -1.72. The molecule has 4 N–H and O–H groups in total. The Morgan fingerprint density at radius 2 is 0.889 bits per heavy atom. The summed E-state index contributed by atoms with van der Waals surface area (Å²) in [6.07, 6.45) is -3.21. The molecule has 0 amide bonds. The second-order valence-electron chi connectivity index (χ2n) is 3.92. The first-order chi connectivity index (χ1) is 8.61. The zero-order valence-electron chi connectivity index (χ0n) is 9.56. The van der Waals surface area contributed by atoms with Crippen LogP contribution in [0.2, 0.25) is 0 Å². The van der Waals surface area contributed by atoms with Crippen molar-refractivity contribution in [2.75, 3.05) is 0 Å². The Morgan fingerprint density at radius 3 is 1.22 bits per heavy atom. The van der Waals surface area contributed by atoms with E-state index in [1.807, 2.05) is 0 Å². The van der Waals surface area contributed by atoms with Crippen molar-refractivity contribution < 1.29 is 20.4 Å². The normalized spacial score (nSPS) is 11.2. The summed E-state index contributed by atoms with van der Waals surface area (Å²) < 4.78 is 0. The second kappa shape index (κ2) is 5.29. The Bertz CT molecular complexity index is 485. The van der Waals surface area contributed by atoms with Crippen LogP contribution in [-0.4, -0.2) is 20.4 Å². The highest BCUT2D eigenvalue weighted by Gasteiger charge is 2.15. The van der Waals surface area contributed by atoms with Gasteiger partial charge in [-0.25, -0.2) is 0 Å². The molecule has 94 valence electrons. The van der Waals surface area contributed by atoms with E-state index in [2.05, 4.69) is 0 Å². The molecule has 0 bridgehead atoms. The zero-order valence-corrected chi connectivity index (χ0v) is 9.56. The molecule has 0 unspecified atom stereocenters. The summed E-state index contributed by atoms with van der Waals surface area (Å²) in [4.78, 5) is 0. The molecule has 0 heterocycles. The molecule has 0 aliphatic rings. The first kappa shape index (κ1) is 12.7. The molecule has 0 aliphatic heterocycles. The third-order valence-electron chi connectivity index (χ3n) is 2.77. The molecule has 18 heavy (non-hydrogen) atoms. The van der Waals surface area contributed by atoms with Gasteiger partial charge in [-0.3, -0.25) is 0 Å². The molecule has 4 heteroatoms. The minimum absolute atomic E-state index is 0.325. The number of hydrogen-bond donors (Lipinski definition) is 4. The van der Waals surface area contributed by atoms with Gasteiger partial charge in [-0.1, -0.05) is 48.5 Å². The van der Waals surface area contributed by atoms with E-state index in [0.29, 0.717) is 22.3 Å². The zero-order chi connectivity index (χ0) is 13.1. The summed E-state index contributed by atoms with van der Waals surface area (Å²) in [5, 5.41) is 37.3. The fourth-order valence-corrected chi connectivity index (χ4v) is 1.93. The highest BCUT2D eigenvalue weighted by molar-refractivity contribution is 5.71. The third kappa shape index (κ3) is 2.42. The summed E-state index contributed by atoms with van der Waals surface area (Å²) in [5.41, 5.74) is 1.78. The van der Waals surface area contributed by atoms with E-state index in [9.17, 15) is 20.4 Å². The predicted octanol–water partition coefficient (Wildman–Crippen LogP) is 1.32. The van der Waals surface area contributed by atoms with Crippen LogP contribution in [0.3, 0.4) is 0 Å². The minimum atomic E-state index is -1.61. The Kier molecular flexibility index (Phi) is 3.74. The van der Waals surface area contributed by atoms with Crippen LogP contribution >= 0.6 is 0 Å². The molecule has 0 aliphatic carbocycles. The molecular weight excluding hydrogens is 232 g/mol. The molecule has 0 spiro atoms. The maximum absolute atomic E-state index is 9.33. The Balaban J connectivity index is 2.62. The van der Waals surface area contributed by atoms with E-state index in [4.69, 9.17) is 0 Å². The van der Waals surface area contributed by atoms with E-state index in [1.54, 1.807) is 48.5 Å². The first-order valence-electron chi connectivity index (χ1n) is 5.51. The van der Waals surface area contributed by atoms with Gasteiger partial charge in [0.05, 0.1) is 0 Å². The van der Waals surface area contributed by atoms with Crippen molar-refractivity contribution in [1.29, 1.82) is 0 Å². The molecule has 2 rings (SSSR count). The van der Waals surface area contributed by atoms with Gasteiger partial charge in [0.25, 0.3) is 0 Å². The summed E-state index contributed by atoms with van der Waals surface area (Å²) in [7, 11) is 0. The minimum Gasteiger partial charge on any atom is -0.364 e. The van der Waals surface area contributed by atoms with Crippen molar-refractivity contribution in [2.24, 2.45) is 0 Å². The van der Waals surface area contributed by atoms with Gasteiger partial charge in [0.15, 0.2) is 12.6 Å². The summed E-state index contributed by atoms with van der Waals surface area (Å²) in [5.74, 6) is 0. The number of rotatable bonds is 3. The van der Waals surface area contributed by atoms with E-state index in [-0.39, 0.29) is 0 Å². The van der Waals surface area contributed by atoms with E-state index in [1.165, 1.54) is 0 Å². The molecule has 0 fully saturated rings. The van der Waals surface area contributed by atoms with Crippen LogP contribution in [0.4, 0.5) is 0 Å². The number of benzene rings is 2. The monoisotopic (exact) mass is 246 g/mol. The van der Waals surface area contributed by atoms with Crippen LogP contribution in [-0.2, 0) is 0 Å². The fraction of sp³-hybridized carbons (Fsp3) is 0.143. The molecule has 0 aromatic heterocycles. The summed E-state index contributed by atoms with van der Waals surface area (Å²) in [6, 6.07) is 13.5. The van der Waals surface area contributed by atoms with Crippen LogP contribution in [0.1, 0.15) is 23.7 Å². The standard InChI is InChI=1S/C14H14O4/c15-13(16)11-7-3-1-5-9(11)10-6-2-4-8-12(10)14(17)18/h1-8,13-18H. The molecule has 0 radical (unpaired) electrons. The summed E-state index contributed by atoms with van der Waals surface area (Å²) in [6.45, 7) is 0. The predicted molar refractivity (Wildman–Crippen MR) is 66.2 cm³/mol. The number of hydrogen-bond acceptors (Lipinski definition) is 4. The van der Waals surface area contributed by atoms with Gasteiger partial charge in [-0.2, -0.15) is 0 Å².